The van der Waals surface area contributed by atoms with Crippen LogP contribution in [0.4, 0.5) is 10.2 Å². The molecule has 0 spiro atoms. The summed E-state index contributed by atoms with van der Waals surface area (Å²) in [5.41, 5.74) is 3.83. The Hall–Kier alpha value is -3.32. The normalized spacial score (nSPS) is 14.5. The van der Waals surface area contributed by atoms with E-state index in [0.717, 1.165) is 54.4 Å². The maximum absolute atomic E-state index is 14.7. The Morgan fingerprint density at radius 3 is 2.52 bits per heavy atom. The lowest BCUT2D eigenvalue weighted by Crippen LogP contribution is -2.43. The highest BCUT2D eigenvalue weighted by Gasteiger charge is 2.21. The van der Waals surface area contributed by atoms with Crippen LogP contribution < -0.4 is 10.2 Å². The number of rotatable bonds is 3. The van der Waals surface area contributed by atoms with Crippen molar-refractivity contribution in [2.24, 2.45) is 0 Å². The van der Waals surface area contributed by atoms with Gasteiger partial charge in [-0.05, 0) is 42.8 Å². The molecular formula is C22H21FN6. The maximum atomic E-state index is 14.7. The summed E-state index contributed by atoms with van der Waals surface area (Å²) >= 11 is 0. The molecule has 0 atom stereocenters. The van der Waals surface area contributed by atoms with Crippen molar-refractivity contribution in [3.8, 4) is 17.1 Å². The molecule has 1 saturated heterocycles. The van der Waals surface area contributed by atoms with Crippen molar-refractivity contribution in [3.63, 3.8) is 0 Å². The van der Waals surface area contributed by atoms with Crippen LogP contribution in [-0.2, 0) is 0 Å². The van der Waals surface area contributed by atoms with E-state index in [0.29, 0.717) is 11.4 Å². The van der Waals surface area contributed by atoms with Crippen LogP contribution in [0.25, 0.3) is 28.2 Å². The van der Waals surface area contributed by atoms with Crippen molar-refractivity contribution >= 4 is 17.0 Å². The number of nitrogens with zero attached hydrogens (tertiary/aromatic N) is 5. The minimum atomic E-state index is -0.307. The molecule has 7 heteroatoms. The molecular weight excluding hydrogens is 367 g/mol. The van der Waals surface area contributed by atoms with Crippen LogP contribution >= 0.6 is 0 Å². The van der Waals surface area contributed by atoms with E-state index >= 15 is 0 Å². The maximum Gasteiger partial charge on any atom is 0.167 e. The summed E-state index contributed by atoms with van der Waals surface area (Å²) in [5, 5.41) is 3.37. The molecule has 146 valence electrons. The first-order valence-corrected chi connectivity index (χ1v) is 9.73. The van der Waals surface area contributed by atoms with Crippen molar-refractivity contribution in [1.82, 2.24) is 24.8 Å². The van der Waals surface area contributed by atoms with Crippen LogP contribution in [0.15, 0.2) is 54.9 Å². The average molecular weight is 388 g/mol. The Morgan fingerprint density at radius 2 is 1.76 bits per heavy atom. The molecule has 0 radical (unpaired) electrons. The van der Waals surface area contributed by atoms with Crippen LogP contribution in [0.3, 0.4) is 0 Å². The van der Waals surface area contributed by atoms with Gasteiger partial charge < -0.3 is 10.2 Å². The number of imidazole rings is 1. The van der Waals surface area contributed by atoms with E-state index < -0.39 is 0 Å². The summed E-state index contributed by atoms with van der Waals surface area (Å²) in [6.45, 7) is 5.71. The van der Waals surface area contributed by atoms with Gasteiger partial charge in [0.2, 0.25) is 0 Å². The van der Waals surface area contributed by atoms with E-state index in [4.69, 9.17) is 9.97 Å². The van der Waals surface area contributed by atoms with Gasteiger partial charge in [-0.2, -0.15) is 0 Å². The second kappa shape index (κ2) is 7.25. The zero-order valence-corrected chi connectivity index (χ0v) is 16.1. The molecule has 1 aromatic carbocycles. The van der Waals surface area contributed by atoms with E-state index in [9.17, 15) is 4.39 Å². The number of benzene rings is 1. The average Bonchev–Trinajstić information content (AvgIpc) is 3.15. The predicted octanol–water partition coefficient (Wildman–Crippen LogP) is 3.34. The molecule has 6 nitrogen and oxygen atoms in total. The molecule has 29 heavy (non-hydrogen) atoms. The first-order valence-electron chi connectivity index (χ1n) is 9.73. The van der Waals surface area contributed by atoms with Gasteiger partial charge >= 0.3 is 0 Å². The number of pyridine rings is 2. The Morgan fingerprint density at radius 1 is 1.00 bits per heavy atom. The molecule has 1 aliphatic heterocycles. The standard InChI is InChI=1S/C22H21FN6/c1-15-14-19(28-12-10-25-11-13-28)26-22-20(15)27-21(17-4-2-3-5-18(17)23)29(22)16-6-8-24-9-7-16/h2-9,14,25H,10-13H2,1H3. The van der Waals surface area contributed by atoms with Crippen molar-refractivity contribution in [3.05, 3.63) is 66.2 Å². The molecule has 0 amide bonds. The summed E-state index contributed by atoms with van der Waals surface area (Å²) in [5.74, 6) is 1.15. The molecule has 1 N–H and O–H groups in total. The highest BCUT2D eigenvalue weighted by Crippen LogP contribution is 2.32. The monoisotopic (exact) mass is 388 g/mol. The quantitative estimate of drug-likeness (QED) is 0.583. The molecule has 0 saturated carbocycles. The van der Waals surface area contributed by atoms with Crippen molar-refractivity contribution in [2.75, 3.05) is 31.1 Å². The summed E-state index contributed by atoms with van der Waals surface area (Å²) in [6.07, 6.45) is 3.44. The third-order valence-corrected chi connectivity index (χ3v) is 5.27. The lowest BCUT2D eigenvalue weighted by molar-refractivity contribution is 0.585. The van der Waals surface area contributed by atoms with Gasteiger partial charge in [0.1, 0.15) is 23.0 Å². The summed E-state index contributed by atoms with van der Waals surface area (Å²) < 4.78 is 16.6. The molecule has 1 aliphatic rings. The molecule has 0 bridgehead atoms. The van der Waals surface area contributed by atoms with Gasteiger partial charge in [-0.15, -0.1) is 0 Å². The van der Waals surface area contributed by atoms with Crippen molar-refractivity contribution < 1.29 is 4.39 Å². The largest absolute Gasteiger partial charge is 0.354 e. The lowest BCUT2D eigenvalue weighted by atomic mass is 10.2. The molecule has 5 rings (SSSR count). The van der Waals surface area contributed by atoms with Crippen LogP contribution in [0.2, 0.25) is 0 Å². The summed E-state index contributed by atoms with van der Waals surface area (Å²) in [4.78, 5) is 16.2. The fourth-order valence-corrected chi connectivity index (χ4v) is 3.80. The van der Waals surface area contributed by atoms with E-state index in [1.165, 1.54) is 6.07 Å². The van der Waals surface area contributed by atoms with Gasteiger partial charge in [0.25, 0.3) is 0 Å². The number of hydrogen-bond donors (Lipinski definition) is 1. The first kappa shape index (κ1) is 17.8. The van der Waals surface area contributed by atoms with E-state index in [1.54, 1.807) is 24.5 Å². The minimum absolute atomic E-state index is 0.307. The zero-order chi connectivity index (χ0) is 19.8. The zero-order valence-electron chi connectivity index (χ0n) is 16.1. The van der Waals surface area contributed by atoms with Crippen LogP contribution in [-0.4, -0.2) is 45.7 Å². The van der Waals surface area contributed by atoms with Gasteiger partial charge in [-0.1, -0.05) is 12.1 Å². The van der Waals surface area contributed by atoms with Crippen molar-refractivity contribution in [2.45, 2.75) is 6.92 Å². The van der Waals surface area contributed by atoms with Crippen LogP contribution in [0, 0.1) is 12.7 Å². The fraction of sp³-hybridized carbons (Fsp3) is 0.227. The van der Waals surface area contributed by atoms with Crippen molar-refractivity contribution in [1.29, 1.82) is 0 Å². The van der Waals surface area contributed by atoms with Gasteiger partial charge in [0, 0.05) is 38.6 Å². The van der Waals surface area contributed by atoms with E-state index in [-0.39, 0.29) is 5.82 Å². The fourth-order valence-electron chi connectivity index (χ4n) is 3.80. The Kier molecular flexibility index (Phi) is 4.44. The van der Waals surface area contributed by atoms with Crippen LogP contribution in [0.1, 0.15) is 5.56 Å². The molecule has 0 aliphatic carbocycles. The van der Waals surface area contributed by atoms with Gasteiger partial charge in [0.15, 0.2) is 5.65 Å². The predicted molar refractivity (Wildman–Crippen MR) is 112 cm³/mol. The van der Waals surface area contributed by atoms with Crippen LogP contribution in [0.5, 0.6) is 0 Å². The van der Waals surface area contributed by atoms with Gasteiger partial charge in [-0.3, -0.25) is 9.55 Å². The SMILES string of the molecule is Cc1cc(N2CCNCC2)nc2c1nc(-c1ccccc1F)n2-c1ccncc1. The molecule has 3 aromatic heterocycles. The number of fused-ring (bicyclic) bond motifs is 1. The number of aryl methyl sites for hydroxylation is 1. The molecule has 4 heterocycles. The van der Waals surface area contributed by atoms with Gasteiger partial charge in [0.05, 0.1) is 11.3 Å². The van der Waals surface area contributed by atoms with Gasteiger partial charge in [-0.25, -0.2) is 14.4 Å². The smallest absolute Gasteiger partial charge is 0.167 e. The number of anilines is 1. The number of aromatic nitrogens is 4. The first-order chi connectivity index (χ1) is 14.2. The highest BCUT2D eigenvalue weighted by atomic mass is 19.1. The Bertz CT molecular complexity index is 1160. The molecule has 0 unspecified atom stereocenters. The summed E-state index contributed by atoms with van der Waals surface area (Å²) in [6, 6.07) is 12.6. The lowest BCUT2D eigenvalue weighted by Gasteiger charge is -2.28. The molecule has 1 fully saturated rings. The molecule has 4 aromatic rings. The number of halogens is 1. The highest BCUT2D eigenvalue weighted by molar-refractivity contribution is 5.84. The third kappa shape index (κ3) is 3.13. The number of piperazine rings is 1. The Balaban J connectivity index is 1.79. The number of hydrogen-bond acceptors (Lipinski definition) is 5. The van der Waals surface area contributed by atoms with E-state index in [1.807, 2.05) is 29.7 Å². The minimum Gasteiger partial charge on any atom is -0.354 e. The third-order valence-electron chi connectivity index (χ3n) is 5.27. The Labute approximate surface area is 168 Å². The topological polar surface area (TPSA) is 58.9 Å². The second-order valence-electron chi connectivity index (χ2n) is 7.16. The number of nitrogens with one attached hydrogen (secondary N) is 1. The second-order valence-corrected chi connectivity index (χ2v) is 7.16. The summed E-state index contributed by atoms with van der Waals surface area (Å²) in [7, 11) is 0. The van der Waals surface area contributed by atoms with E-state index in [2.05, 4.69) is 21.3 Å².